The molecule has 2 atom stereocenters. The van der Waals surface area contributed by atoms with E-state index in [2.05, 4.69) is 15.2 Å². The maximum Gasteiger partial charge on any atom is 0.253 e. The Bertz CT molecular complexity index is 816. The average Bonchev–Trinajstić information content (AvgIpc) is 2.91. The number of hydrogen-bond acceptors (Lipinski definition) is 2. The van der Waals surface area contributed by atoms with E-state index in [1.807, 2.05) is 26.8 Å². The van der Waals surface area contributed by atoms with Crippen molar-refractivity contribution in [3.8, 4) is 0 Å². The summed E-state index contributed by atoms with van der Waals surface area (Å²) in [6.45, 7) is 8.17. The minimum atomic E-state index is -0.852. The third-order valence-corrected chi connectivity index (χ3v) is 5.30. The van der Waals surface area contributed by atoms with Crippen LogP contribution in [0.2, 0.25) is 0 Å². The fourth-order valence-electron chi connectivity index (χ4n) is 3.92. The molecule has 2 heterocycles. The number of nitrogens with one attached hydrogen (secondary N) is 2. The van der Waals surface area contributed by atoms with Crippen molar-refractivity contribution < 1.29 is 13.6 Å². The van der Waals surface area contributed by atoms with Gasteiger partial charge in [0, 0.05) is 36.4 Å². The fraction of sp³-hybridized carbons (Fsp3) is 0.450. The number of halogens is 2. The van der Waals surface area contributed by atoms with E-state index >= 15 is 0 Å². The molecule has 0 saturated carbocycles. The van der Waals surface area contributed by atoms with Crippen molar-refractivity contribution >= 4 is 5.91 Å². The molecule has 0 aliphatic carbocycles. The Morgan fingerprint density at radius 2 is 2.04 bits per heavy atom. The molecule has 4 nitrogen and oxygen atoms in total. The van der Waals surface area contributed by atoms with Crippen LogP contribution in [0.3, 0.4) is 0 Å². The van der Waals surface area contributed by atoms with Gasteiger partial charge in [-0.1, -0.05) is 6.07 Å². The number of nitrogens with zero attached hydrogens (tertiary/aromatic N) is 1. The highest BCUT2D eigenvalue weighted by atomic mass is 19.2. The Labute approximate surface area is 152 Å². The van der Waals surface area contributed by atoms with E-state index in [9.17, 15) is 13.6 Å². The highest BCUT2D eigenvalue weighted by molar-refractivity contribution is 5.96. The van der Waals surface area contributed by atoms with Crippen LogP contribution in [0.15, 0.2) is 24.3 Å². The second kappa shape index (κ2) is 7.58. The lowest BCUT2D eigenvalue weighted by atomic mass is 9.85. The molecule has 0 radical (unpaired) electrons. The van der Waals surface area contributed by atoms with Gasteiger partial charge in [-0.2, -0.15) is 0 Å². The van der Waals surface area contributed by atoms with Crippen molar-refractivity contribution in [3.05, 3.63) is 58.4 Å². The Morgan fingerprint density at radius 3 is 2.69 bits per heavy atom. The van der Waals surface area contributed by atoms with Crippen molar-refractivity contribution in [2.75, 3.05) is 13.1 Å². The lowest BCUT2D eigenvalue weighted by Gasteiger charge is -2.33. The molecule has 1 saturated heterocycles. The van der Waals surface area contributed by atoms with E-state index in [0.29, 0.717) is 12.1 Å². The summed E-state index contributed by atoms with van der Waals surface area (Å²) in [5.41, 5.74) is 3.37. The first-order valence-electron chi connectivity index (χ1n) is 9.05. The summed E-state index contributed by atoms with van der Waals surface area (Å²) in [5, 5.41) is 6.36. The van der Waals surface area contributed by atoms with Gasteiger partial charge >= 0.3 is 0 Å². The summed E-state index contributed by atoms with van der Waals surface area (Å²) in [6.07, 6.45) is 0.754. The van der Waals surface area contributed by atoms with Crippen LogP contribution in [-0.4, -0.2) is 29.6 Å². The van der Waals surface area contributed by atoms with Crippen LogP contribution in [-0.2, 0) is 6.54 Å². The lowest BCUT2D eigenvalue weighted by molar-refractivity contribution is 0.0923. The number of aryl methyl sites for hydroxylation is 1. The predicted molar refractivity (Wildman–Crippen MR) is 97.4 cm³/mol. The Kier molecular flexibility index (Phi) is 5.41. The molecule has 26 heavy (non-hydrogen) atoms. The normalized spacial score (nSPS) is 20.2. The molecule has 1 aromatic heterocycles. The van der Waals surface area contributed by atoms with Gasteiger partial charge in [0.05, 0.1) is 5.56 Å². The summed E-state index contributed by atoms with van der Waals surface area (Å²) in [4.78, 5) is 12.8. The first kappa shape index (κ1) is 18.6. The molecule has 3 rings (SSSR count). The van der Waals surface area contributed by atoms with Crippen LogP contribution in [0, 0.1) is 25.5 Å². The van der Waals surface area contributed by atoms with Gasteiger partial charge in [-0.15, -0.1) is 0 Å². The number of benzene rings is 1. The van der Waals surface area contributed by atoms with Crippen molar-refractivity contribution in [3.63, 3.8) is 0 Å². The first-order valence-corrected chi connectivity index (χ1v) is 9.05. The second-order valence-corrected chi connectivity index (χ2v) is 6.88. The van der Waals surface area contributed by atoms with Crippen LogP contribution in [0.1, 0.15) is 46.6 Å². The summed E-state index contributed by atoms with van der Waals surface area (Å²) < 4.78 is 29.0. The quantitative estimate of drug-likeness (QED) is 0.878. The van der Waals surface area contributed by atoms with Gasteiger partial charge in [0.25, 0.3) is 5.91 Å². The Morgan fingerprint density at radius 1 is 1.27 bits per heavy atom. The molecule has 2 N–H and O–H groups in total. The van der Waals surface area contributed by atoms with Crippen molar-refractivity contribution in [1.82, 2.24) is 15.2 Å². The highest BCUT2D eigenvalue weighted by Gasteiger charge is 2.29. The van der Waals surface area contributed by atoms with Crippen molar-refractivity contribution in [2.24, 2.45) is 0 Å². The summed E-state index contributed by atoms with van der Waals surface area (Å²) in [5.74, 6) is -1.88. The molecule has 1 aliphatic rings. The SMILES string of the molecule is CCn1c(C)cc(C(=O)NC2CNCCC2c2ccc(F)c(F)c2)c1C. The lowest BCUT2D eigenvalue weighted by Crippen LogP contribution is -2.50. The fourth-order valence-corrected chi connectivity index (χ4v) is 3.92. The van der Waals surface area contributed by atoms with Crippen molar-refractivity contribution in [2.45, 2.75) is 45.7 Å². The molecule has 6 heteroatoms. The van der Waals surface area contributed by atoms with Gasteiger partial charge in [0.1, 0.15) is 0 Å². The van der Waals surface area contributed by atoms with Gasteiger partial charge < -0.3 is 15.2 Å². The van der Waals surface area contributed by atoms with Gasteiger partial charge in [-0.25, -0.2) is 8.78 Å². The van der Waals surface area contributed by atoms with E-state index in [1.165, 1.54) is 6.07 Å². The maximum absolute atomic E-state index is 13.6. The minimum absolute atomic E-state index is 0.0510. The van der Waals surface area contributed by atoms with Gasteiger partial charge in [-0.05, 0) is 57.5 Å². The van der Waals surface area contributed by atoms with E-state index < -0.39 is 11.6 Å². The summed E-state index contributed by atoms with van der Waals surface area (Å²) in [6, 6.07) is 5.73. The van der Waals surface area contributed by atoms with E-state index in [0.717, 1.165) is 42.5 Å². The molecule has 1 fully saturated rings. The van der Waals surface area contributed by atoms with Crippen LogP contribution >= 0.6 is 0 Å². The van der Waals surface area contributed by atoms with Gasteiger partial charge in [0.2, 0.25) is 0 Å². The summed E-state index contributed by atoms with van der Waals surface area (Å²) >= 11 is 0. The van der Waals surface area contributed by atoms with E-state index in [4.69, 9.17) is 0 Å². The number of carbonyl (C=O) groups is 1. The Balaban J connectivity index is 1.82. The van der Waals surface area contributed by atoms with E-state index in [-0.39, 0.29) is 17.9 Å². The van der Waals surface area contributed by atoms with Crippen LogP contribution < -0.4 is 10.6 Å². The molecule has 140 valence electrons. The number of rotatable bonds is 4. The molecular formula is C20H25F2N3O. The third kappa shape index (κ3) is 3.51. The molecule has 1 aromatic carbocycles. The topological polar surface area (TPSA) is 46.1 Å². The molecule has 2 aromatic rings. The third-order valence-electron chi connectivity index (χ3n) is 5.30. The van der Waals surface area contributed by atoms with Crippen LogP contribution in [0.25, 0.3) is 0 Å². The molecule has 0 spiro atoms. The number of piperidine rings is 1. The zero-order valence-corrected chi connectivity index (χ0v) is 15.4. The highest BCUT2D eigenvalue weighted by Crippen LogP contribution is 2.27. The monoisotopic (exact) mass is 361 g/mol. The first-order chi connectivity index (χ1) is 12.4. The maximum atomic E-state index is 13.6. The van der Waals surface area contributed by atoms with Gasteiger partial charge in [0.15, 0.2) is 11.6 Å². The largest absolute Gasteiger partial charge is 0.349 e. The number of hydrogen-bond donors (Lipinski definition) is 2. The molecule has 2 unspecified atom stereocenters. The Hall–Kier alpha value is -2.21. The van der Waals surface area contributed by atoms with Crippen LogP contribution in [0.4, 0.5) is 8.78 Å². The minimum Gasteiger partial charge on any atom is -0.349 e. The number of aromatic nitrogens is 1. The zero-order chi connectivity index (χ0) is 18.8. The number of amides is 1. The molecule has 1 amide bonds. The second-order valence-electron chi connectivity index (χ2n) is 6.88. The smallest absolute Gasteiger partial charge is 0.253 e. The standard InChI is InChI=1S/C20H25F2N3O/c1-4-25-12(2)9-16(13(25)3)20(26)24-19-11-23-8-7-15(19)14-5-6-17(21)18(22)10-14/h5-6,9-10,15,19,23H,4,7-8,11H2,1-3H3,(H,24,26). The van der Waals surface area contributed by atoms with Crippen molar-refractivity contribution in [1.29, 1.82) is 0 Å². The van der Waals surface area contributed by atoms with Gasteiger partial charge in [-0.3, -0.25) is 4.79 Å². The van der Waals surface area contributed by atoms with E-state index in [1.54, 1.807) is 6.07 Å². The predicted octanol–water partition coefficient (Wildman–Crippen LogP) is 3.28. The molecule has 0 bridgehead atoms. The zero-order valence-electron chi connectivity index (χ0n) is 15.4. The average molecular weight is 361 g/mol. The molecular weight excluding hydrogens is 336 g/mol. The van der Waals surface area contributed by atoms with Crippen LogP contribution in [0.5, 0.6) is 0 Å². The molecule has 1 aliphatic heterocycles. The number of carbonyl (C=O) groups excluding carboxylic acids is 1. The summed E-state index contributed by atoms with van der Waals surface area (Å²) in [7, 11) is 0.